The number of fused-ring (bicyclic) bond motifs is 1. The fourth-order valence-electron chi connectivity index (χ4n) is 3.37. The largest absolute Gasteiger partial charge is 0.469 e. The summed E-state index contributed by atoms with van der Waals surface area (Å²) in [6.45, 7) is 3.30. The van der Waals surface area contributed by atoms with Crippen LogP contribution in [0.25, 0.3) is 0 Å². The van der Waals surface area contributed by atoms with Crippen LogP contribution in [0.3, 0.4) is 0 Å². The molecular formula is C19H17BrO6. The molecule has 2 atom stereocenters. The van der Waals surface area contributed by atoms with Crippen LogP contribution >= 0.6 is 15.9 Å². The van der Waals surface area contributed by atoms with Gasteiger partial charge in [-0.2, -0.15) is 0 Å². The Morgan fingerprint density at radius 2 is 1.96 bits per heavy atom. The number of furan rings is 1. The minimum absolute atomic E-state index is 0.0380. The molecule has 0 aliphatic carbocycles. The summed E-state index contributed by atoms with van der Waals surface area (Å²) in [5, 5.41) is 0. The van der Waals surface area contributed by atoms with Gasteiger partial charge in [0.2, 0.25) is 5.78 Å². The van der Waals surface area contributed by atoms with Crippen molar-refractivity contribution in [2.24, 2.45) is 11.3 Å². The van der Waals surface area contributed by atoms with E-state index >= 15 is 0 Å². The summed E-state index contributed by atoms with van der Waals surface area (Å²) >= 11 is 3.39. The SMILES string of the molecule is COC(=O)C(C)(C)[C@H]1c2cc(Br)ccc2OC(=O)[C@@H]1C(=O)c1ccco1. The third-order valence-electron chi connectivity index (χ3n) is 4.64. The molecule has 0 unspecified atom stereocenters. The van der Waals surface area contributed by atoms with E-state index in [9.17, 15) is 14.4 Å². The molecule has 7 heteroatoms. The monoisotopic (exact) mass is 420 g/mol. The Morgan fingerprint density at radius 3 is 2.58 bits per heavy atom. The summed E-state index contributed by atoms with van der Waals surface area (Å²) in [7, 11) is 1.27. The van der Waals surface area contributed by atoms with Crippen LogP contribution in [-0.2, 0) is 14.3 Å². The Hall–Kier alpha value is -2.41. The number of methoxy groups -OCH3 is 1. The number of hydrogen-bond donors (Lipinski definition) is 0. The van der Waals surface area contributed by atoms with Crippen molar-refractivity contribution in [3.05, 3.63) is 52.4 Å². The smallest absolute Gasteiger partial charge is 0.323 e. The second-order valence-corrected chi connectivity index (χ2v) is 7.53. The molecule has 2 aromatic rings. The van der Waals surface area contributed by atoms with Gasteiger partial charge in [0.05, 0.1) is 18.8 Å². The number of ketones is 1. The number of halogens is 1. The Labute approximate surface area is 158 Å². The maximum atomic E-state index is 13.0. The lowest BCUT2D eigenvalue weighted by Crippen LogP contribution is -2.46. The fraction of sp³-hybridized carbons (Fsp3) is 0.316. The standard InChI is InChI=1S/C19H17BrO6/c1-19(2,18(23)24-3)15-11-9-10(20)6-7-12(11)26-17(22)14(15)16(21)13-5-4-8-25-13/h4-9,14-15H,1-3H3/t14-,15-/m0/s1. The second-order valence-electron chi connectivity index (χ2n) is 6.61. The number of carbonyl (C=O) groups is 3. The average Bonchev–Trinajstić information content (AvgIpc) is 3.14. The lowest BCUT2D eigenvalue weighted by atomic mass is 9.65. The summed E-state index contributed by atoms with van der Waals surface area (Å²) < 4.78 is 16.2. The quantitative estimate of drug-likeness (QED) is 0.324. The number of esters is 2. The molecule has 0 bridgehead atoms. The normalized spacial score (nSPS) is 19.5. The molecule has 136 valence electrons. The first kappa shape index (κ1) is 18.4. The molecule has 1 aromatic heterocycles. The van der Waals surface area contributed by atoms with Gasteiger partial charge >= 0.3 is 11.9 Å². The van der Waals surface area contributed by atoms with Gasteiger partial charge in [0.1, 0.15) is 11.7 Å². The van der Waals surface area contributed by atoms with Crippen LogP contribution in [0.5, 0.6) is 5.75 Å². The highest BCUT2D eigenvalue weighted by Gasteiger charge is 2.53. The Bertz CT molecular complexity index is 868. The van der Waals surface area contributed by atoms with E-state index in [2.05, 4.69) is 15.9 Å². The van der Waals surface area contributed by atoms with E-state index in [0.29, 0.717) is 11.3 Å². The molecule has 26 heavy (non-hydrogen) atoms. The highest BCUT2D eigenvalue weighted by Crippen LogP contribution is 2.50. The lowest BCUT2D eigenvalue weighted by molar-refractivity contribution is -0.155. The first-order valence-electron chi connectivity index (χ1n) is 7.94. The average molecular weight is 421 g/mol. The van der Waals surface area contributed by atoms with Crippen LogP contribution in [0.15, 0.2) is 45.5 Å². The molecule has 3 rings (SSSR count). The van der Waals surface area contributed by atoms with Crippen molar-refractivity contribution in [3.63, 3.8) is 0 Å². The van der Waals surface area contributed by atoms with Gasteiger partial charge < -0.3 is 13.9 Å². The highest BCUT2D eigenvalue weighted by molar-refractivity contribution is 9.10. The Balaban J connectivity index is 2.20. The van der Waals surface area contributed by atoms with E-state index in [0.717, 1.165) is 4.47 Å². The fourth-order valence-corrected chi connectivity index (χ4v) is 3.75. The second kappa shape index (κ2) is 6.72. The Morgan fingerprint density at radius 1 is 1.23 bits per heavy atom. The number of carbonyl (C=O) groups excluding carboxylic acids is 3. The van der Waals surface area contributed by atoms with Crippen molar-refractivity contribution in [3.8, 4) is 5.75 Å². The van der Waals surface area contributed by atoms with Gasteiger partial charge in [-0.05, 0) is 44.2 Å². The molecule has 1 aliphatic heterocycles. The van der Waals surface area contributed by atoms with E-state index in [1.54, 1.807) is 38.1 Å². The van der Waals surface area contributed by atoms with Gasteiger partial charge in [-0.25, -0.2) is 0 Å². The molecule has 2 heterocycles. The number of Topliss-reactive ketones (excluding diaryl/α,β-unsaturated/α-hetero) is 1. The lowest BCUT2D eigenvalue weighted by Gasteiger charge is -2.39. The van der Waals surface area contributed by atoms with E-state index in [4.69, 9.17) is 13.9 Å². The van der Waals surface area contributed by atoms with Crippen LogP contribution < -0.4 is 4.74 Å². The van der Waals surface area contributed by atoms with Gasteiger partial charge in [0.25, 0.3) is 0 Å². The summed E-state index contributed by atoms with van der Waals surface area (Å²) in [5.41, 5.74) is -0.573. The maximum absolute atomic E-state index is 13.0. The minimum Gasteiger partial charge on any atom is -0.469 e. The molecule has 6 nitrogen and oxygen atoms in total. The number of ether oxygens (including phenoxy) is 2. The van der Waals surface area contributed by atoms with Crippen LogP contribution in [0.1, 0.15) is 35.9 Å². The van der Waals surface area contributed by atoms with E-state index in [-0.39, 0.29) is 5.76 Å². The molecule has 1 aliphatic rings. The van der Waals surface area contributed by atoms with Gasteiger partial charge in [-0.1, -0.05) is 15.9 Å². The summed E-state index contributed by atoms with van der Waals surface area (Å²) in [5.74, 6) is -3.42. The third kappa shape index (κ3) is 2.96. The zero-order valence-electron chi connectivity index (χ0n) is 14.4. The topological polar surface area (TPSA) is 82.8 Å². The first-order valence-corrected chi connectivity index (χ1v) is 8.74. The van der Waals surface area contributed by atoms with E-state index in [1.807, 2.05) is 0 Å². The minimum atomic E-state index is -1.22. The molecule has 0 spiro atoms. The number of hydrogen-bond acceptors (Lipinski definition) is 6. The van der Waals surface area contributed by atoms with Crippen LogP contribution in [0, 0.1) is 11.3 Å². The summed E-state index contributed by atoms with van der Waals surface area (Å²) in [6.07, 6.45) is 1.35. The van der Waals surface area contributed by atoms with Crippen molar-refractivity contribution in [2.45, 2.75) is 19.8 Å². The van der Waals surface area contributed by atoms with Gasteiger partial charge in [0, 0.05) is 16.0 Å². The van der Waals surface area contributed by atoms with Gasteiger partial charge in [-0.15, -0.1) is 0 Å². The highest BCUT2D eigenvalue weighted by atomic mass is 79.9. The summed E-state index contributed by atoms with van der Waals surface area (Å²) in [4.78, 5) is 38.1. The molecule has 0 amide bonds. The third-order valence-corrected chi connectivity index (χ3v) is 5.13. The van der Waals surface area contributed by atoms with Crippen molar-refractivity contribution in [1.82, 2.24) is 0 Å². The Kier molecular flexibility index (Phi) is 4.75. The predicted octanol–water partition coefficient (Wildman–Crippen LogP) is 3.74. The maximum Gasteiger partial charge on any atom is 0.323 e. The molecule has 0 N–H and O–H groups in total. The van der Waals surface area contributed by atoms with Gasteiger partial charge in [-0.3, -0.25) is 14.4 Å². The van der Waals surface area contributed by atoms with Crippen molar-refractivity contribution in [2.75, 3.05) is 7.11 Å². The molecule has 0 radical (unpaired) electrons. The summed E-state index contributed by atoms with van der Waals surface area (Å²) in [6, 6.07) is 8.15. The first-order chi connectivity index (χ1) is 12.3. The molecular weight excluding hydrogens is 404 g/mol. The molecule has 1 aromatic carbocycles. The van der Waals surface area contributed by atoms with Gasteiger partial charge in [0.15, 0.2) is 5.76 Å². The van der Waals surface area contributed by atoms with E-state index in [1.165, 1.54) is 19.4 Å². The van der Waals surface area contributed by atoms with E-state index < -0.39 is 35.0 Å². The number of benzene rings is 1. The molecule has 0 fully saturated rings. The van der Waals surface area contributed by atoms with Crippen LogP contribution in [0.4, 0.5) is 0 Å². The zero-order chi connectivity index (χ0) is 19.1. The zero-order valence-corrected chi connectivity index (χ0v) is 16.0. The van der Waals surface area contributed by atoms with Crippen molar-refractivity contribution in [1.29, 1.82) is 0 Å². The van der Waals surface area contributed by atoms with Crippen molar-refractivity contribution >= 4 is 33.7 Å². The molecule has 0 saturated heterocycles. The van der Waals surface area contributed by atoms with Crippen molar-refractivity contribution < 1.29 is 28.3 Å². The van der Waals surface area contributed by atoms with Crippen LogP contribution in [-0.4, -0.2) is 24.8 Å². The predicted molar refractivity (Wildman–Crippen MR) is 94.8 cm³/mol. The number of rotatable bonds is 4. The van der Waals surface area contributed by atoms with Crippen LogP contribution in [0.2, 0.25) is 0 Å². The molecule has 0 saturated carbocycles.